The number of likely N-dealkylation sites (tertiary alicyclic amines) is 1. The van der Waals surface area contributed by atoms with Crippen LogP contribution in [0.15, 0.2) is 42.5 Å². The van der Waals surface area contributed by atoms with Gasteiger partial charge in [0.1, 0.15) is 0 Å². The average Bonchev–Trinajstić information content (AvgIpc) is 3.30. The fourth-order valence-electron chi connectivity index (χ4n) is 4.20. The molecule has 2 amide bonds. The largest absolute Gasteiger partial charge is 0.454 e. The van der Waals surface area contributed by atoms with Crippen molar-refractivity contribution in [3.63, 3.8) is 0 Å². The van der Waals surface area contributed by atoms with E-state index in [4.69, 9.17) is 9.47 Å². The van der Waals surface area contributed by atoms with Crippen LogP contribution in [-0.2, 0) is 16.4 Å². The predicted molar refractivity (Wildman–Crippen MR) is 119 cm³/mol. The quantitative estimate of drug-likeness (QED) is 0.696. The fraction of sp³-hybridized carbons (Fsp3) is 0.440. The van der Waals surface area contributed by atoms with E-state index in [0.29, 0.717) is 44.0 Å². The maximum absolute atomic E-state index is 12.8. The Balaban J connectivity index is 1.28. The molecule has 4 rings (SSSR count). The molecule has 2 aliphatic heterocycles. The number of benzene rings is 2. The molecule has 1 saturated heterocycles. The van der Waals surface area contributed by atoms with Crippen molar-refractivity contribution in [3.05, 3.63) is 59.2 Å². The summed E-state index contributed by atoms with van der Waals surface area (Å²) in [6.07, 6.45) is -3.43. The van der Waals surface area contributed by atoms with Gasteiger partial charge in [-0.3, -0.25) is 9.59 Å². The number of halogens is 3. The van der Waals surface area contributed by atoms with Crippen LogP contribution in [0.2, 0.25) is 0 Å². The Bertz CT molecular complexity index is 1060. The van der Waals surface area contributed by atoms with E-state index in [0.717, 1.165) is 17.7 Å². The number of nitrogens with one attached hydrogen (secondary N) is 1. The minimum absolute atomic E-state index is 0.0598. The summed E-state index contributed by atoms with van der Waals surface area (Å²) >= 11 is 0. The molecular weight excluding hydrogens is 449 g/mol. The first kappa shape index (κ1) is 23.9. The number of carbonyl (C=O) groups is 2. The first-order valence-electron chi connectivity index (χ1n) is 11.2. The van der Waals surface area contributed by atoms with Gasteiger partial charge in [0.05, 0.1) is 5.56 Å². The lowest BCUT2D eigenvalue weighted by molar-refractivity contribution is -0.137. The molecule has 0 saturated carbocycles. The zero-order chi connectivity index (χ0) is 24.5. The third-order valence-electron chi connectivity index (χ3n) is 6.47. The highest BCUT2D eigenvalue weighted by molar-refractivity contribution is 5.94. The first-order chi connectivity index (χ1) is 16.0. The number of carbonyl (C=O) groups excluding carboxylic acids is 2. The van der Waals surface area contributed by atoms with Gasteiger partial charge in [-0.2, -0.15) is 13.2 Å². The van der Waals surface area contributed by atoms with E-state index < -0.39 is 11.7 Å². The molecule has 2 aromatic rings. The van der Waals surface area contributed by atoms with Crippen molar-refractivity contribution < 1.29 is 32.2 Å². The molecule has 0 aromatic heterocycles. The first-order valence-corrected chi connectivity index (χ1v) is 11.2. The van der Waals surface area contributed by atoms with Gasteiger partial charge in [0, 0.05) is 36.5 Å². The summed E-state index contributed by atoms with van der Waals surface area (Å²) in [4.78, 5) is 27.0. The molecule has 1 N–H and O–H groups in total. The van der Waals surface area contributed by atoms with Gasteiger partial charge in [-0.25, -0.2) is 0 Å². The van der Waals surface area contributed by atoms with Gasteiger partial charge in [0.15, 0.2) is 11.5 Å². The van der Waals surface area contributed by atoms with Crippen LogP contribution in [0, 0.1) is 5.92 Å². The summed E-state index contributed by atoms with van der Waals surface area (Å²) in [5, 5.41) is 3.03. The smallest absolute Gasteiger partial charge is 0.416 e. The molecule has 2 heterocycles. The second-order valence-corrected chi connectivity index (χ2v) is 9.31. The van der Waals surface area contributed by atoms with E-state index >= 15 is 0 Å². The molecule has 0 spiro atoms. The zero-order valence-electron chi connectivity index (χ0n) is 19.1. The maximum atomic E-state index is 12.8. The summed E-state index contributed by atoms with van der Waals surface area (Å²) in [7, 11) is 0. The number of amides is 2. The molecule has 0 atom stereocenters. The lowest BCUT2D eigenvalue weighted by Gasteiger charge is -2.32. The van der Waals surface area contributed by atoms with Crippen molar-refractivity contribution in [3.8, 4) is 11.5 Å². The van der Waals surface area contributed by atoms with Crippen LogP contribution in [0.5, 0.6) is 11.5 Å². The number of hydrogen-bond acceptors (Lipinski definition) is 4. The molecule has 0 bridgehead atoms. The summed E-state index contributed by atoms with van der Waals surface area (Å²) in [6.45, 7) is 5.48. The summed E-state index contributed by atoms with van der Waals surface area (Å²) in [5.41, 5.74) is 0.120. The molecule has 34 heavy (non-hydrogen) atoms. The minimum atomic E-state index is -4.44. The van der Waals surface area contributed by atoms with Crippen LogP contribution in [-0.4, -0.2) is 43.1 Å². The van der Waals surface area contributed by atoms with E-state index in [-0.39, 0.29) is 35.5 Å². The number of hydrogen-bond donors (Lipinski definition) is 1. The van der Waals surface area contributed by atoms with E-state index in [1.807, 2.05) is 32.0 Å². The van der Waals surface area contributed by atoms with E-state index in [1.54, 1.807) is 4.90 Å². The molecule has 9 heteroatoms. The number of ether oxygens (including phenoxy) is 2. The number of fused-ring (bicyclic) bond motifs is 1. The minimum Gasteiger partial charge on any atom is -0.454 e. The van der Waals surface area contributed by atoms with Gasteiger partial charge in [-0.05, 0) is 54.8 Å². The number of alkyl halides is 3. The fourth-order valence-corrected chi connectivity index (χ4v) is 4.20. The molecule has 1 fully saturated rings. The standard InChI is InChI=1S/C25H27F3N2O4/c1-24(2,19-7-8-20-21(13-19)34-15-33-20)14-29-22(31)16-9-11-30(12-10-16)23(32)17-3-5-18(6-4-17)25(26,27)28/h3-8,13,16H,9-12,14-15H2,1-2H3,(H,29,31). The summed E-state index contributed by atoms with van der Waals surface area (Å²) in [6, 6.07) is 9.98. The third-order valence-corrected chi connectivity index (χ3v) is 6.47. The molecular formula is C25H27F3N2O4. The van der Waals surface area contributed by atoms with Crippen LogP contribution in [0.25, 0.3) is 0 Å². The van der Waals surface area contributed by atoms with Gasteiger partial charge >= 0.3 is 6.18 Å². The van der Waals surface area contributed by atoms with Crippen LogP contribution >= 0.6 is 0 Å². The zero-order valence-corrected chi connectivity index (χ0v) is 19.1. The molecule has 182 valence electrons. The molecule has 0 radical (unpaired) electrons. The number of piperidine rings is 1. The molecule has 2 aromatic carbocycles. The van der Waals surface area contributed by atoms with Crippen molar-refractivity contribution in [1.82, 2.24) is 10.2 Å². The Morgan fingerprint density at radius 3 is 2.24 bits per heavy atom. The SMILES string of the molecule is CC(C)(CNC(=O)C1CCN(C(=O)c2ccc(C(F)(F)F)cc2)CC1)c1ccc2c(c1)OCO2. The highest BCUT2D eigenvalue weighted by atomic mass is 19.4. The predicted octanol–water partition coefficient (Wildman–Crippen LogP) is 4.38. The van der Waals surface area contributed by atoms with Crippen LogP contribution < -0.4 is 14.8 Å². The van der Waals surface area contributed by atoms with Gasteiger partial charge in [0.25, 0.3) is 5.91 Å². The van der Waals surface area contributed by atoms with Crippen molar-refractivity contribution in [2.24, 2.45) is 5.92 Å². The van der Waals surface area contributed by atoms with Gasteiger partial charge in [-0.1, -0.05) is 19.9 Å². The topological polar surface area (TPSA) is 67.9 Å². The summed E-state index contributed by atoms with van der Waals surface area (Å²) < 4.78 is 49.0. The monoisotopic (exact) mass is 476 g/mol. The summed E-state index contributed by atoms with van der Waals surface area (Å²) in [5.74, 6) is 0.805. The Morgan fingerprint density at radius 2 is 1.59 bits per heavy atom. The number of nitrogens with zero attached hydrogens (tertiary/aromatic N) is 1. The van der Waals surface area contributed by atoms with Crippen molar-refractivity contribution >= 4 is 11.8 Å². The van der Waals surface area contributed by atoms with E-state index in [1.165, 1.54) is 12.1 Å². The Morgan fingerprint density at radius 1 is 0.971 bits per heavy atom. The van der Waals surface area contributed by atoms with E-state index in [2.05, 4.69) is 5.32 Å². The number of rotatable bonds is 5. The van der Waals surface area contributed by atoms with Gasteiger partial charge < -0.3 is 19.7 Å². The van der Waals surface area contributed by atoms with Crippen LogP contribution in [0.3, 0.4) is 0 Å². The second kappa shape index (κ2) is 9.19. The van der Waals surface area contributed by atoms with Gasteiger partial charge in [0.2, 0.25) is 12.7 Å². The highest BCUT2D eigenvalue weighted by Gasteiger charge is 2.32. The van der Waals surface area contributed by atoms with Gasteiger partial charge in [-0.15, -0.1) is 0 Å². The second-order valence-electron chi connectivity index (χ2n) is 9.31. The van der Waals surface area contributed by atoms with Crippen LogP contribution in [0.1, 0.15) is 48.2 Å². The van der Waals surface area contributed by atoms with Crippen molar-refractivity contribution in [2.45, 2.75) is 38.3 Å². The van der Waals surface area contributed by atoms with E-state index in [9.17, 15) is 22.8 Å². The normalized spacial score (nSPS) is 16.4. The third kappa shape index (κ3) is 5.13. The molecule has 2 aliphatic rings. The Hall–Kier alpha value is -3.23. The maximum Gasteiger partial charge on any atom is 0.416 e. The molecule has 6 nitrogen and oxygen atoms in total. The van der Waals surface area contributed by atoms with Crippen molar-refractivity contribution in [2.75, 3.05) is 26.4 Å². The Kier molecular flexibility index (Phi) is 6.47. The van der Waals surface area contributed by atoms with Crippen molar-refractivity contribution in [1.29, 1.82) is 0 Å². The average molecular weight is 476 g/mol. The lowest BCUT2D eigenvalue weighted by atomic mass is 9.84. The Labute approximate surface area is 196 Å². The lowest BCUT2D eigenvalue weighted by Crippen LogP contribution is -2.45. The molecule has 0 unspecified atom stereocenters. The van der Waals surface area contributed by atoms with Crippen LogP contribution in [0.4, 0.5) is 13.2 Å². The highest BCUT2D eigenvalue weighted by Crippen LogP contribution is 2.36. The molecule has 0 aliphatic carbocycles.